The van der Waals surface area contributed by atoms with Gasteiger partial charge in [-0.25, -0.2) is 0 Å². The third-order valence-electron chi connectivity index (χ3n) is 3.08. The van der Waals surface area contributed by atoms with Crippen molar-refractivity contribution in [3.05, 3.63) is 71.4 Å². The summed E-state index contributed by atoms with van der Waals surface area (Å²) in [5.74, 6) is 0.432. The minimum Gasteiger partial charge on any atom is -0.0987 e. The van der Waals surface area contributed by atoms with Gasteiger partial charge in [-0.05, 0) is 43.1 Å². The molecular weight excluding hydrogens is 204 g/mol. The SMILES string of the molecule is C=CC1=C(/C=C\C)C(/C=C\C)=C(/C=C\C)C1C. The lowest BCUT2D eigenvalue weighted by molar-refractivity contribution is 0.864. The predicted molar refractivity (Wildman–Crippen MR) is 77.9 cm³/mol. The fourth-order valence-electron chi connectivity index (χ4n) is 2.35. The van der Waals surface area contributed by atoms with Gasteiger partial charge < -0.3 is 0 Å². The second-order valence-electron chi connectivity index (χ2n) is 4.16. The molecule has 90 valence electrons. The van der Waals surface area contributed by atoms with E-state index >= 15 is 0 Å². The second-order valence-corrected chi connectivity index (χ2v) is 4.16. The lowest BCUT2D eigenvalue weighted by Gasteiger charge is -2.08. The Kier molecular flexibility index (Phi) is 4.96. The standard InChI is InChI=1S/C17H22/c1-6-10-15-13(5)14(9-4)16(11-7-2)17(15)12-8-3/h6-13H,4H2,1-3,5H3/b10-6-,11-7-,12-8-. The normalized spacial score (nSPS) is 21.8. The summed E-state index contributed by atoms with van der Waals surface area (Å²) in [7, 11) is 0. The van der Waals surface area contributed by atoms with Gasteiger partial charge in [0.25, 0.3) is 0 Å². The Hall–Kier alpha value is -1.56. The number of hydrogen-bond donors (Lipinski definition) is 0. The molecule has 0 aromatic heterocycles. The fourth-order valence-corrected chi connectivity index (χ4v) is 2.35. The van der Waals surface area contributed by atoms with E-state index < -0.39 is 0 Å². The summed E-state index contributed by atoms with van der Waals surface area (Å²) in [6, 6.07) is 0. The molecule has 0 heterocycles. The average Bonchev–Trinajstić information content (AvgIpc) is 2.55. The maximum Gasteiger partial charge on any atom is 0.00729 e. The maximum absolute atomic E-state index is 3.95. The summed E-state index contributed by atoms with van der Waals surface area (Å²) in [4.78, 5) is 0. The Morgan fingerprint density at radius 3 is 1.71 bits per heavy atom. The van der Waals surface area contributed by atoms with Gasteiger partial charge in [-0.2, -0.15) is 0 Å². The predicted octanol–water partition coefficient (Wildman–Crippen LogP) is 5.14. The third kappa shape index (κ3) is 2.58. The first-order valence-electron chi connectivity index (χ1n) is 6.20. The highest BCUT2D eigenvalue weighted by molar-refractivity contribution is 5.63. The molecule has 0 N–H and O–H groups in total. The van der Waals surface area contributed by atoms with Gasteiger partial charge in [0.05, 0.1) is 0 Å². The summed E-state index contributed by atoms with van der Waals surface area (Å²) < 4.78 is 0. The molecular formula is C17H22. The molecule has 0 saturated heterocycles. The monoisotopic (exact) mass is 226 g/mol. The Morgan fingerprint density at radius 1 is 0.824 bits per heavy atom. The van der Waals surface area contributed by atoms with E-state index in [1.165, 1.54) is 22.3 Å². The molecule has 1 aliphatic rings. The van der Waals surface area contributed by atoms with E-state index in [4.69, 9.17) is 0 Å². The van der Waals surface area contributed by atoms with Crippen LogP contribution in [0.4, 0.5) is 0 Å². The largest absolute Gasteiger partial charge is 0.0987 e. The molecule has 0 bridgehead atoms. The first-order chi connectivity index (χ1) is 8.21. The number of rotatable bonds is 4. The fraction of sp³-hybridized carbons (Fsp3) is 0.294. The highest BCUT2D eigenvalue weighted by Crippen LogP contribution is 2.39. The molecule has 0 nitrogen and oxygen atoms in total. The van der Waals surface area contributed by atoms with Crippen molar-refractivity contribution in [3.63, 3.8) is 0 Å². The smallest absolute Gasteiger partial charge is 0.00729 e. The molecule has 0 radical (unpaired) electrons. The van der Waals surface area contributed by atoms with Crippen LogP contribution in [0.25, 0.3) is 0 Å². The molecule has 0 spiro atoms. The summed E-state index contributed by atoms with van der Waals surface area (Å²) >= 11 is 0. The van der Waals surface area contributed by atoms with E-state index in [1.54, 1.807) is 0 Å². The van der Waals surface area contributed by atoms with E-state index in [-0.39, 0.29) is 0 Å². The molecule has 1 unspecified atom stereocenters. The van der Waals surface area contributed by atoms with Crippen LogP contribution in [0.5, 0.6) is 0 Å². The van der Waals surface area contributed by atoms with Crippen LogP contribution in [0.2, 0.25) is 0 Å². The highest BCUT2D eigenvalue weighted by Gasteiger charge is 2.24. The van der Waals surface area contributed by atoms with E-state index in [0.717, 1.165) is 0 Å². The van der Waals surface area contributed by atoms with Crippen molar-refractivity contribution in [2.24, 2.45) is 5.92 Å². The van der Waals surface area contributed by atoms with Gasteiger partial charge >= 0.3 is 0 Å². The van der Waals surface area contributed by atoms with Crippen molar-refractivity contribution < 1.29 is 0 Å². The molecule has 1 atom stereocenters. The number of hydrogen-bond acceptors (Lipinski definition) is 0. The maximum atomic E-state index is 3.95. The third-order valence-corrected chi connectivity index (χ3v) is 3.08. The van der Waals surface area contributed by atoms with Gasteiger partial charge in [-0.15, -0.1) is 0 Å². The van der Waals surface area contributed by atoms with Crippen LogP contribution in [-0.4, -0.2) is 0 Å². The van der Waals surface area contributed by atoms with Crippen LogP contribution < -0.4 is 0 Å². The van der Waals surface area contributed by atoms with Crippen LogP contribution >= 0.6 is 0 Å². The van der Waals surface area contributed by atoms with E-state index in [2.05, 4.69) is 70.7 Å². The zero-order valence-electron chi connectivity index (χ0n) is 11.3. The summed E-state index contributed by atoms with van der Waals surface area (Å²) in [5.41, 5.74) is 5.34. The van der Waals surface area contributed by atoms with E-state index in [0.29, 0.717) is 5.92 Å². The van der Waals surface area contributed by atoms with Gasteiger partial charge in [0, 0.05) is 5.92 Å². The van der Waals surface area contributed by atoms with Gasteiger partial charge in [0.1, 0.15) is 0 Å². The first-order valence-corrected chi connectivity index (χ1v) is 6.20. The van der Waals surface area contributed by atoms with Gasteiger partial charge in [-0.3, -0.25) is 0 Å². The minimum atomic E-state index is 0.432. The molecule has 0 aromatic rings. The molecule has 0 fully saturated rings. The Labute approximate surface area is 105 Å². The molecule has 1 rings (SSSR count). The van der Waals surface area contributed by atoms with Crippen molar-refractivity contribution in [2.45, 2.75) is 27.7 Å². The van der Waals surface area contributed by atoms with Crippen LogP contribution in [0.15, 0.2) is 71.4 Å². The molecule has 0 saturated carbocycles. The van der Waals surface area contributed by atoms with Crippen LogP contribution in [0, 0.1) is 5.92 Å². The second kappa shape index (κ2) is 6.24. The quantitative estimate of drug-likeness (QED) is 0.622. The summed E-state index contributed by atoms with van der Waals surface area (Å²) in [5, 5.41) is 0. The van der Waals surface area contributed by atoms with Crippen molar-refractivity contribution in [1.29, 1.82) is 0 Å². The zero-order chi connectivity index (χ0) is 12.8. The number of allylic oxidation sites excluding steroid dienone is 11. The lowest BCUT2D eigenvalue weighted by Crippen LogP contribution is -1.95. The van der Waals surface area contributed by atoms with Crippen molar-refractivity contribution >= 4 is 0 Å². The van der Waals surface area contributed by atoms with Crippen LogP contribution in [0.1, 0.15) is 27.7 Å². The van der Waals surface area contributed by atoms with Crippen molar-refractivity contribution in [1.82, 2.24) is 0 Å². The zero-order valence-corrected chi connectivity index (χ0v) is 11.3. The molecule has 1 aliphatic carbocycles. The molecule has 17 heavy (non-hydrogen) atoms. The Morgan fingerprint density at radius 2 is 1.29 bits per heavy atom. The summed E-state index contributed by atoms with van der Waals surface area (Å²) in [6.45, 7) is 12.4. The Balaban J connectivity index is 3.43. The van der Waals surface area contributed by atoms with Crippen molar-refractivity contribution in [2.75, 3.05) is 0 Å². The van der Waals surface area contributed by atoms with Crippen LogP contribution in [-0.2, 0) is 0 Å². The molecule has 0 heteroatoms. The first kappa shape index (κ1) is 13.5. The van der Waals surface area contributed by atoms with E-state index in [1.807, 2.05) is 6.08 Å². The van der Waals surface area contributed by atoms with Gasteiger partial charge in [0.15, 0.2) is 0 Å². The highest BCUT2D eigenvalue weighted by atomic mass is 14.3. The topological polar surface area (TPSA) is 0 Å². The molecule has 0 aliphatic heterocycles. The molecule has 0 aromatic carbocycles. The molecule has 0 amide bonds. The van der Waals surface area contributed by atoms with Gasteiger partial charge in [0.2, 0.25) is 0 Å². The lowest BCUT2D eigenvalue weighted by atomic mass is 9.96. The average molecular weight is 226 g/mol. The van der Waals surface area contributed by atoms with E-state index in [9.17, 15) is 0 Å². The van der Waals surface area contributed by atoms with Crippen molar-refractivity contribution in [3.8, 4) is 0 Å². The summed E-state index contributed by atoms with van der Waals surface area (Å²) in [6.07, 6.45) is 14.9. The van der Waals surface area contributed by atoms with Gasteiger partial charge in [-0.1, -0.05) is 56.0 Å². The van der Waals surface area contributed by atoms with Crippen LogP contribution in [0.3, 0.4) is 0 Å². The Bertz CT molecular complexity index is 437. The minimum absolute atomic E-state index is 0.432.